The molecule has 0 bridgehead atoms. The van der Waals surface area contributed by atoms with Gasteiger partial charge in [-0.3, -0.25) is 4.79 Å². The minimum absolute atomic E-state index is 0.0760. The van der Waals surface area contributed by atoms with E-state index in [-0.39, 0.29) is 11.4 Å². The first-order chi connectivity index (χ1) is 13.6. The van der Waals surface area contributed by atoms with Crippen LogP contribution in [0.3, 0.4) is 0 Å². The van der Waals surface area contributed by atoms with E-state index in [9.17, 15) is 9.90 Å². The van der Waals surface area contributed by atoms with Crippen LogP contribution in [0.25, 0.3) is 0 Å². The van der Waals surface area contributed by atoms with Gasteiger partial charge in [-0.15, -0.1) is 6.58 Å². The number of hydrogen-bond acceptors (Lipinski definition) is 4. The van der Waals surface area contributed by atoms with Crippen LogP contribution in [0.15, 0.2) is 35.6 Å². The topological polar surface area (TPSA) is 55.8 Å². The molecule has 5 atom stereocenters. The molecule has 4 heteroatoms. The monoisotopic (exact) mass is 398 g/mol. The minimum Gasteiger partial charge on any atom is -0.487 e. The predicted molar refractivity (Wildman–Crippen MR) is 111 cm³/mol. The summed E-state index contributed by atoms with van der Waals surface area (Å²) in [5.74, 6) is 2.02. The van der Waals surface area contributed by atoms with Gasteiger partial charge in [0, 0.05) is 23.5 Å². The normalized spacial score (nSPS) is 44.8. The van der Waals surface area contributed by atoms with Gasteiger partial charge in [-0.1, -0.05) is 19.9 Å². The highest BCUT2D eigenvalue weighted by Crippen LogP contribution is 2.74. The molecule has 0 aromatic heterocycles. The first-order valence-corrected chi connectivity index (χ1v) is 11.3. The fourth-order valence-corrected chi connectivity index (χ4v) is 6.85. The van der Waals surface area contributed by atoms with Gasteiger partial charge < -0.3 is 14.6 Å². The van der Waals surface area contributed by atoms with E-state index >= 15 is 0 Å². The highest BCUT2D eigenvalue weighted by molar-refractivity contribution is 6.10. The Kier molecular flexibility index (Phi) is 3.95. The summed E-state index contributed by atoms with van der Waals surface area (Å²) in [7, 11) is 0. The van der Waals surface area contributed by atoms with Crippen LogP contribution in [-0.2, 0) is 14.3 Å². The average molecular weight is 399 g/mol. The van der Waals surface area contributed by atoms with E-state index < -0.39 is 17.3 Å². The second kappa shape index (κ2) is 5.85. The van der Waals surface area contributed by atoms with Crippen molar-refractivity contribution >= 4 is 5.78 Å². The number of aliphatic hydroxyl groups is 1. The molecule has 3 fully saturated rings. The third kappa shape index (κ3) is 2.48. The molecule has 1 saturated heterocycles. The summed E-state index contributed by atoms with van der Waals surface area (Å²) in [6.45, 7) is 12.3. The minimum atomic E-state index is -0.837. The molecule has 2 heterocycles. The van der Waals surface area contributed by atoms with E-state index in [4.69, 9.17) is 9.47 Å². The lowest BCUT2D eigenvalue weighted by Gasteiger charge is -2.45. The molecule has 0 radical (unpaired) electrons. The number of hydrogen-bond donors (Lipinski definition) is 1. The van der Waals surface area contributed by atoms with Gasteiger partial charge in [0.2, 0.25) is 0 Å². The van der Waals surface area contributed by atoms with Crippen LogP contribution in [0.5, 0.6) is 0 Å². The summed E-state index contributed by atoms with van der Waals surface area (Å²) in [6, 6.07) is 0. The molecule has 1 N–H and O–H groups in total. The standard InChI is InChI=1S/C25H34O4/c1-6-7-16-12-25(14-19(26)22(4,5)29-25)21-17(20(16)27)8-9-24(28-21)11-10-23(15(2)3)13-18(23)24/h6,12,15,18-19,26H,1,7-11,13-14H2,2-5H3/t18?,19-,23+,24+,25+/m1/s1. The molecule has 5 aliphatic rings. The van der Waals surface area contributed by atoms with E-state index in [1.165, 1.54) is 12.8 Å². The first-order valence-electron chi connectivity index (χ1n) is 11.3. The van der Waals surface area contributed by atoms with Crippen molar-refractivity contribution in [2.45, 2.75) is 95.5 Å². The molecule has 29 heavy (non-hydrogen) atoms. The number of ketones is 1. The van der Waals surface area contributed by atoms with E-state index in [0.29, 0.717) is 35.9 Å². The lowest BCUT2D eigenvalue weighted by atomic mass is 9.76. The number of ether oxygens (including phenoxy) is 2. The number of allylic oxidation sites excluding steroid dienone is 3. The lowest BCUT2D eigenvalue weighted by molar-refractivity contribution is -0.130. The second-order valence-corrected chi connectivity index (χ2v) is 10.9. The van der Waals surface area contributed by atoms with E-state index in [1.807, 2.05) is 19.9 Å². The maximum absolute atomic E-state index is 13.2. The Hall–Kier alpha value is -1.39. The van der Waals surface area contributed by atoms with Crippen LogP contribution >= 0.6 is 0 Å². The summed E-state index contributed by atoms with van der Waals surface area (Å²) in [6.07, 6.45) is 9.22. The molecular formula is C25H34O4. The number of Topliss-reactive ketones (excluding diaryl/α,β-unsaturated/α-hetero) is 1. The van der Waals surface area contributed by atoms with Gasteiger partial charge >= 0.3 is 0 Å². The molecule has 2 aliphatic heterocycles. The molecule has 0 amide bonds. The first kappa shape index (κ1) is 19.6. The maximum atomic E-state index is 13.2. The molecule has 4 nitrogen and oxygen atoms in total. The fourth-order valence-electron chi connectivity index (χ4n) is 6.85. The van der Waals surface area contributed by atoms with E-state index in [0.717, 1.165) is 30.4 Å². The van der Waals surface area contributed by atoms with Crippen molar-refractivity contribution < 1.29 is 19.4 Å². The van der Waals surface area contributed by atoms with Gasteiger partial charge in [0.05, 0.1) is 11.7 Å². The third-order valence-corrected chi connectivity index (χ3v) is 8.76. The van der Waals surface area contributed by atoms with Gasteiger partial charge in [0.25, 0.3) is 0 Å². The van der Waals surface area contributed by atoms with Crippen LogP contribution in [0, 0.1) is 17.3 Å². The summed E-state index contributed by atoms with van der Waals surface area (Å²) in [5.41, 5.74) is 0.222. The highest BCUT2D eigenvalue weighted by Gasteiger charge is 2.72. The van der Waals surface area contributed by atoms with Crippen LogP contribution in [0.4, 0.5) is 0 Å². The smallest absolute Gasteiger partial charge is 0.188 e. The highest BCUT2D eigenvalue weighted by atomic mass is 16.6. The molecule has 0 aromatic rings. The number of aliphatic hydroxyl groups excluding tert-OH is 1. The number of carbonyl (C=O) groups excluding carboxylic acids is 1. The largest absolute Gasteiger partial charge is 0.487 e. The van der Waals surface area contributed by atoms with Crippen LogP contribution in [-0.4, -0.2) is 33.8 Å². The van der Waals surface area contributed by atoms with E-state index in [1.54, 1.807) is 6.08 Å². The Morgan fingerprint density at radius 1 is 1.28 bits per heavy atom. The zero-order valence-corrected chi connectivity index (χ0v) is 18.2. The van der Waals surface area contributed by atoms with Crippen molar-refractivity contribution in [3.8, 4) is 0 Å². The number of fused-ring (bicyclic) bond motifs is 3. The number of carbonyl (C=O) groups is 1. The van der Waals surface area contributed by atoms with Crippen molar-refractivity contribution in [3.63, 3.8) is 0 Å². The van der Waals surface area contributed by atoms with Crippen molar-refractivity contribution in [2.75, 3.05) is 0 Å². The summed E-state index contributed by atoms with van der Waals surface area (Å²) in [5, 5.41) is 10.7. The second-order valence-electron chi connectivity index (χ2n) is 10.9. The lowest BCUT2D eigenvalue weighted by Crippen LogP contribution is -2.47. The molecule has 158 valence electrons. The third-order valence-electron chi connectivity index (χ3n) is 8.76. The predicted octanol–water partition coefficient (Wildman–Crippen LogP) is 4.63. The Morgan fingerprint density at radius 3 is 2.59 bits per heavy atom. The van der Waals surface area contributed by atoms with Gasteiger partial charge in [-0.2, -0.15) is 0 Å². The quantitative estimate of drug-likeness (QED) is 0.704. The van der Waals surface area contributed by atoms with Gasteiger partial charge in [-0.05, 0) is 69.8 Å². The zero-order chi connectivity index (χ0) is 20.8. The van der Waals surface area contributed by atoms with Crippen LogP contribution < -0.4 is 0 Å². The molecule has 2 saturated carbocycles. The molecule has 2 spiro atoms. The summed E-state index contributed by atoms with van der Waals surface area (Å²) < 4.78 is 13.4. The SMILES string of the molecule is C=CCC1=C[C@]2(C[C@@H](O)C(C)(C)O2)C2=C(CC[C@@]3(CC[C@@]4(C(C)C)CC34)O2)C1=O. The van der Waals surface area contributed by atoms with Crippen molar-refractivity contribution in [3.05, 3.63) is 35.6 Å². The van der Waals surface area contributed by atoms with E-state index in [2.05, 4.69) is 20.4 Å². The fraction of sp³-hybridized carbons (Fsp3) is 0.720. The van der Waals surface area contributed by atoms with Gasteiger partial charge in [0.1, 0.15) is 17.0 Å². The molecule has 0 aromatic carbocycles. The van der Waals surface area contributed by atoms with Crippen molar-refractivity contribution in [2.24, 2.45) is 17.3 Å². The summed E-state index contributed by atoms with van der Waals surface area (Å²) >= 11 is 0. The molecule has 1 unspecified atom stereocenters. The molecule has 5 rings (SSSR count). The van der Waals surface area contributed by atoms with Gasteiger partial charge in [-0.25, -0.2) is 0 Å². The van der Waals surface area contributed by atoms with Crippen molar-refractivity contribution in [1.82, 2.24) is 0 Å². The zero-order valence-electron chi connectivity index (χ0n) is 18.2. The summed E-state index contributed by atoms with van der Waals surface area (Å²) in [4.78, 5) is 13.2. The van der Waals surface area contributed by atoms with Gasteiger partial charge in [0.15, 0.2) is 5.78 Å². The Labute approximate surface area is 174 Å². The maximum Gasteiger partial charge on any atom is 0.188 e. The Balaban J connectivity index is 1.56. The molecular weight excluding hydrogens is 364 g/mol. The molecule has 3 aliphatic carbocycles. The van der Waals surface area contributed by atoms with Crippen molar-refractivity contribution in [1.29, 1.82) is 0 Å². The Morgan fingerprint density at radius 2 is 2.03 bits per heavy atom. The average Bonchev–Trinajstić information content (AvgIpc) is 3.28. The number of rotatable bonds is 3. The van der Waals surface area contributed by atoms with Crippen LogP contribution in [0.2, 0.25) is 0 Å². The Bertz CT molecular complexity index is 849. The van der Waals surface area contributed by atoms with Crippen LogP contribution in [0.1, 0.15) is 72.6 Å².